The highest BCUT2D eigenvalue weighted by Crippen LogP contribution is 1.92. The molecule has 2 nitrogen and oxygen atoms in total. The fourth-order valence-electron chi connectivity index (χ4n) is 0.348. The number of halogens is 1. The van der Waals surface area contributed by atoms with Gasteiger partial charge in [-0.15, -0.1) is 0 Å². The standard InChI is InChI=1S/C6H13ClN2/c1-3-4-8-9-5-6(2)7/h5,8-9H,3-4H2,1-2H3/b6-5-. The van der Waals surface area contributed by atoms with E-state index in [1.165, 1.54) is 0 Å². The van der Waals surface area contributed by atoms with Crippen LogP contribution in [0.3, 0.4) is 0 Å². The van der Waals surface area contributed by atoms with Crippen LogP contribution in [0.4, 0.5) is 0 Å². The molecule has 54 valence electrons. The molecule has 0 bridgehead atoms. The molecule has 0 aromatic carbocycles. The highest BCUT2D eigenvalue weighted by molar-refractivity contribution is 6.29. The fourth-order valence-corrected chi connectivity index (χ4v) is 0.402. The molecule has 2 N–H and O–H groups in total. The molecular weight excluding hydrogens is 136 g/mol. The van der Waals surface area contributed by atoms with Crippen molar-refractivity contribution in [2.45, 2.75) is 20.3 Å². The van der Waals surface area contributed by atoms with Gasteiger partial charge in [-0.05, 0) is 13.3 Å². The average Bonchev–Trinajstić information content (AvgIpc) is 1.80. The zero-order chi connectivity index (χ0) is 7.11. The summed E-state index contributed by atoms with van der Waals surface area (Å²) in [6.45, 7) is 4.88. The summed E-state index contributed by atoms with van der Waals surface area (Å²) in [5.74, 6) is 0. The first-order chi connectivity index (χ1) is 4.27. The predicted octanol–water partition coefficient (Wildman–Crippen LogP) is 1.59. The maximum Gasteiger partial charge on any atom is 0.0320 e. The summed E-state index contributed by atoms with van der Waals surface area (Å²) in [6, 6.07) is 0. The SMILES string of the molecule is CCCNN/C=C(/C)Cl. The van der Waals surface area contributed by atoms with Gasteiger partial charge in [-0.3, -0.25) is 0 Å². The molecule has 9 heavy (non-hydrogen) atoms. The first-order valence-electron chi connectivity index (χ1n) is 3.08. The topological polar surface area (TPSA) is 24.1 Å². The molecule has 0 radical (unpaired) electrons. The molecule has 0 saturated carbocycles. The summed E-state index contributed by atoms with van der Waals surface area (Å²) in [5, 5.41) is 0.749. The molecule has 0 aromatic heterocycles. The van der Waals surface area contributed by atoms with Gasteiger partial charge >= 0.3 is 0 Å². The van der Waals surface area contributed by atoms with Crippen molar-refractivity contribution < 1.29 is 0 Å². The molecule has 0 fully saturated rings. The molecule has 0 aliphatic rings. The van der Waals surface area contributed by atoms with Gasteiger partial charge in [-0.25, -0.2) is 5.43 Å². The molecule has 3 heteroatoms. The summed E-state index contributed by atoms with van der Waals surface area (Å²) in [6.07, 6.45) is 2.83. The van der Waals surface area contributed by atoms with E-state index in [-0.39, 0.29) is 0 Å². The summed E-state index contributed by atoms with van der Waals surface area (Å²) in [7, 11) is 0. The van der Waals surface area contributed by atoms with Crippen LogP contribution >= 0.6 is 11.6 Å². The maximum atomic E-state index is 5.52. The Morgan fingerprint density at radius 1 is 1.67 bits per heavy atom. The van der Waals surface area contributed by atoms with Gasteiger partial charge in [0.05, 0.1) is 0 Å². The Balaban J connectivity index is 3.00. The zero-order valence-corrected chi connectivity index (χ0v) is 6.63. The van der Waals surface area contributed by atoms with Gasteiger partial charge in [0.15, 0.2) is 0 Å². The lowest BCUT2D eigenvalue weighted by atomic mass is 10.5. The maximum absolute atomic E-state index is 5.52. The van der Waals surface area contributed by atoms with Crippen molar-refractivity contribution in [1.82, 2.24) is 10.9 Å². The molecular formula is C6H13ClN2. The molecule has 0 aromatic rings. The predicted molar refractivity (Wildman–Crippen MR) is 41.0 cm³/mol. The van der Waals surface area contributed by atoms with Crippen LogP contribution in [0.25, 0.3) is 0 Å². The van der Waals surface area contributed by atoms with E-state index in [2.05, 4.69) is 17.8 Å². The number of hydrazine groups is 1. The van der Waals surface area contributed by atoms with E-state index in [9.17, 15) is 0 Å². The summed E-state index contributed by atoms with van der Waals surface area (Å²) >= 11 is 5.52. The van der Waals surface area contributed by atoms with Gasteiger partial charge < -0.3 is 5.43 Å². The summed E-state index contributed by atoms with van der Waals surface area (Å²) in [5.41, 5.74) is 5.80. The first-order valence-corrected chi connectivity index (χ1v) is 3.45. The molecule has 0 atom stereocenters. The third kappa shape index (κ3) is 7.79. The normalized spacial score (nSPS) is 11.7. The van der Waals surface area contributed by atoms with Crippen molar-refractivity contribution in [3.8, 4) is 0 Å². The third-order valence-electron chi connectivity index (χ3n) is 0.748. The Kier molecular flexibility index (Phi) is 5.78. The van der Waals surface area contributed by atoms with Gasteiger partial charge in [0.2, 0.25) is 0 Å². The van der Waals surface area contributed by atoms with Crippen molar-refractivity contribution in [1.29, 1.82) is 0 Å². The van der Waals surface area contributed by atoms with Gasteiger partial charge in [-0.1, -0.05) is 18.5 Å². The second-order valence-corrected chi connectivity index (χ2v) is 2.40. The number of rotatable bonds is 4. The van der Waals surface area contributed by atoms with E-state index in [0.717, 1.165) is 18.0 Å². The Morgan fingerprint density at radius 2 is 2.33 bits per heavy atom. The van der Waals surface area contributed by atoms with E-state index >= 15 is 0 Å². The van der Waals surface area contributed by atoms with E-state index < -0.39 is 0 Å². The average molecular weight is 149 g/mol. The Bertz CT molecular complexity index is 87.1. The number of hydrogen-bond acceptors (Lipinski definition) is 2. The minimum atomic E-state index is 0.749. The number of nitrogens with one attached hydrogen (secondary N) is 2. The van der Waals surface area contributed by atoms with E-state index in [0.29, 0.717) is 0 Å². The van der Waals surface area contributed by atoms with Crippen molar-refractivity contribution in [2.24, 2.45) is 0 Å². The largest absolute Gasteiger partial charge is 0.328 e. The lowest BCUT2D eigenvalue weighted by Gasteiger charge is -1.99. The van der Waals surface area contributed by atoms with Gasteiger partial charge in [-0.2, -0.15) is 0 Å². The fraction of sp³-hybridized carbons (Fsp3) is 0.667. The highest BCUT2D eigenvalue weighted by atomic mass is 35.5. The Labute approximate surface area is 61.2 Å². The van der Waals surface area contributed by atoms with E-state index in [4.69, 9.17) is 11.6 Å². The first kappa shape index (κ1) is 8.79. The number of hydrogen-bond donors (Lipinski definition) is 2. The van der Waals surface area contributed by atoms with Crippen LogP contribution < -0.4 is 10.9 Å². The molecule has 0 rings (SSSR count). The van der Waals surface area contributed by atoms with Gasteiger partial charge in [0.1, 0.15) is 0 Å². The van der Waals surface area contributed by atoms with E-state index in [1.54, 1.807) is 6.20 Å². The zero-order valence-electron chi connectivity index (χ0n) is 5.87. The van der Waals surface area contributed by atoms with Crippen molar-refractivity contribution >= 4 is 11.6 Å². The van der Waals surface area contributed by atoms with Crippen molar-refractivity contribution in [3.63, 3.8) is 0 Å². The summed E-state index contributed by atoms with van der Waals surface area (Å²) in [4.78, 5) is 0. The monoisotopic (exact) mass is 148 g/mol. The van der Waals surface area contributed by atoms with Crippen LogP contribution in [0.2, 0.25) is 0 Å². The summed E-state index contributed by atoms with van der Waals surface area (Å²) < 4.78 is 0. The van der Waals surface area contributed by atoms with Crippen molar-refractivity contribution in [3.05, 3.63) is 11.2 Å². The van der Waals surface area contributed by atoms with Gasteiger partial charge in [0.25, 0.3) is 0 Å². The minimum absolute atomic E-state index is 0.749. The van der Waals surface area contributed by atoms with Crippen LogP contribution in [-0.4, -0.2) is 6.54 Å². The number of allylic oxidation sites excluding steroid dienone is 1. The minimum Gasteiger partial charge on any atom is -0.328 e. The van der Waals surface area contributed by atoms with Crippen molar-refractivity contribution in [2.75, 3.05) is 6.54 Å². The molecule has 0 amide bonds. The highest BCUT2D eigenvalue weighted by Gasteiger charge is 1.77. The van der Waals surface area contributed by atoms with Crippen LogP contribution in [0, 0.1) is 0 Å². The molecule has 0 aliphatic heterocycles. The van der Waals surface area contributed by atoms with E-state index in [1.807, 2.05) is 6.92 Å². The molecule has 0 saturated heterocycles. The lowest BCUT2D eigenvalue weighted by Crippen LogP contribution is -2.27. The van der Waals surface area contributed by atoms with Crippen LogP contribution in [-0.2, 0) is 0 Å². The van der Waals surface area contributed by atoms with Crippen LogP contribution in [0.15, 0.2) is 11.2 Å². The lowest BCUT2D eigenvalue weighted by molar-refractivity contribution is 0.616. The second-order valence-electron chi connectivity index (χ2n) is 1.80. The quantitative estimate of drug-likeness (QED) is 0.468. The molecule has 0 aliphatic carbocycles. The molecule has 0 unspecified atom stereocenters. The van der Waals surface area contributed by atoms with Crippen LogP contribution in [0.1, 0.15) is 20.3 Å². The van der Waals surface area contributed by atoms with Crippen LogP contribution in [0.5, 0.6) is 0 Å². The Hall–Kier alpha value is -0.210. The third-order valence-corrected chi connectivity index (χ3v) is 0.857. The Morgan fingerprint density at radius 3 is 2.78 bits per heavy atom. The smallest absolute Gasteiger partial charge is 0.0320 e. The molecule has 0 spiro atoms. The van der Waals surface area contributed by atoms with Gasteiger partial charge in [0, 0.05) is 17.8 Å². The molecule has 0 heterocycles. The second kappa shape index (κ2) is 5.92.